The number of allylic oxidation sites excluding steroid dienone is 3. The summed E-state index contributed by atoms with van der Waals surface area (Å²) in [5, 5.41) is 23.3. The van der Waals surface area contributed by atoms with E-state index in [0.717, 1.165) is 37.6 Å². The van der Waals surface area contributed by atoms with Crippen molar-refractivity contribution in [2.75, 3.05) is 66.3 Å². The smallest absolute Gasteiger partial charge is 0.158 e. The minimum absolute atomic E-state index is 0.381. The summed E-state index contributed by atoms with van der Waals surface area (Å²) in [5.41, 5.74) is 7.87. The SMILES string of the molecule is C=C(/C=C\C(=N)CNc1ccc(N2CCCC2)cc1)OOCC.C=C/C=C(/CNc1ccc(N2CCCC2)cc1)NO. The van der Waals surface area contributed by atoms with E-state index in [9.17, 15) is 0 Å². The summed E-state index contributed by atoms with van der Waals surface area (Å²) >= 11 is 0. The molecule has 2 heterocycles. The Labute approximate surface area is 250 Å². The lowest BCUT2D eigenvalue weighted by Crippen LogP contribution is -2.18. The highest BCUT2D eigenvalue weighted by molar-refractivity contribution is 5.95. The molecule has 2 fully saturated rings. The third-order valence-corrected chi connectivity index (χ3v) is 6.86. The van der Waals surface area contributed by atoms with E-state index in [4.69, 9.17) is 20.4 Å². The maximum Gasteiger partial charge on any atom is 0.158 e. The Morgan fingerprint density at radius 2 is 1.36 bits per heavy atom. The molecule has 4 rings (SSSR count). The number of nitrogens with one attached hydrogen (secondary N) is 4. The molecular weight excluding hydrogens is 528 g/mol. The molecule has 5 N–H and O–H groups in total. The van der Waals surface area contributed by atoms with E-state index in [1.807, 2.05) is 6.92 Å². The van der Waals surface area contributed by atoms with Gasteiger partial charge in [-0.25, -0.2) is 0 Å². The Balaban J connectivity index is 0.000000235. The van der Waals surface area contributed by atoms with Gasteiger partial charge < -0.3 is 30.7 Å². The molecule has 0 radical (unpaired) electrons. The second-order valence-electron chi connectivity index (χ2n) is 10.0. The Morgan fingerprint density at radius 1 is 0.857 bits per heavy atom. The van der Waals surface area contributed by atoms with Crippen molar-refractivity contribution >= 4 is 28.5 Å². The Kier molecular flexibility index (Phi) is 14.1. The predicted octanol–water partition coefficient (Wildman–Crippen LogP) is 6.50. The maximum absolute atomic E-state index is 8.91. The first-order valence-electron chi connectivity index (χ1n) is 14.7. The molecule has 0 spiro atoms. The van der Waals surface area contributed by atoms with Gasteiger partial charge in [0.1, 0.15) is 0 Å². The van der Waals surface area contributed by atoms with Crippen molar-refractivity contribution in [1.82, 2.24) is 5.48 Å². The topological polar surface area (TPSA) is 105 Å². The largest absolute Gasteiger partial charge is 0.379 e. The van der Waals surface area contributed by atoms with Crippen molar-refractivity contribution in [1.29, 1.82) is 5.41 Å². The summed E-state index contributed by atoms with van der Waals surface area (Å²) in [5.74, 6) is 0.381. The normalized spacial score (nSPS) is 14.8. The molecule has 42 heavy (non-hydrogen) atoms. The lowest BCUT2D eigenvalue weighted by molar-refractivity contribution is -0.253. The monoisotopic (exact) mass is 574 g/mol. The first kappa shape index (κ1) is 32.3. The van der Waals surface area contributed by atoms with Crippen molar-refractivity contribution in [2.45, 2.75) is 32.6 Å². The van der Waals surface area contributed by atoms with E-state index < -0.39 is 0 Å². The Bertz CT molecular complexity index is 1170. The van der Waals surface area contributed by atoms with Crippen LogP contribution in [0.1, 0.15) is 32.6 Å². The Morgan fingerprint density at radius 3 is 1.81 bits per heavy atom. The molecule has 0 saturated carbocycles. The van der Waals surface area contributed by atoms with E-state index in [-0.39, 0.29) is 0 Å². The summed E-state index contributed by atoms with van der Waals surface area (Å²) in [6.45, 7) is 15.2. The number of rotatable bonds is 15. The quantitative estimate of drug-likeness (QED) is 0.0540. The van der Waals surface area contributed by atoms with E-state index in [1.165, 1.54) is 37.1 Å². The zero-order chi connectivity index (χ0) is 30.0. The second-order valence-corrected chi connectivity index (χ2v) is 10.0. The number of benzene rings is 2. The van der Waals surface area contributed by atoms with Crippen LogP contribution in [0.2, 0.25) is 0 Å². The van der Waals surface area contributed by atoms with Crippen LogP contribution in [0.3, 0.4) is 0 Å². The van der Waals surface area contributed by atoms with Crippen molar-refractivity contribution < 1.29 is 15.0 Å². The van der Waals surface area contributed by atoms with Crippen molar-refractivity contribution in [3.8, 4) is 0 Å². The summed E-state index contributed by atoms with van der Waals surface area (Å²) in [7, 11) is 0. The fourth-order valence-electron chi connectivity index (χ4n) is 4.62. The maximum atomic E-state index is 8.91. The van der Waals surface area contributed by atoms with Gasteiger partial charge >= 0.3 is 0 Å². The van der Waals surface area contributed by atoms with Crippen LogP contribution < -0.4 is 25.9 Å². The number of nitrogens with zero attached hydrogens (tertiary/aromatic N) is 2. The summed E-state index contributed by atoms with van der Waals surface area (Å²) in [6.07, 6.45) is 11.8. The van der Waals surface area contributed by atoms with Gasteiger partial charge in [0.15, 0.2) is 5.76 Å². The fourth-order valence-corrected chi connectivity index (χ4v) is 4.62. The molecule has 2 aromatic carbocycles. The molecular formula is C33H46N6O3. The molecule has 9 heteroatoms. The average molecular weight is 575 g/mol. The minimum Gasteiger partial charge on any atom is -0.379 e. The van der Waals surface area contributed by atoms with Crippen LogP contribution in [0.5, 0.6) is 0 Å². The van der Waals surface area contributed by atoms with Crippen LogP contribution in [0, 0.1) is 5.41 Å². The van der Waals surface area contributed by atoms with Crippen LogP contribution in [0.4, 0.5) is 22.7 Å². The van der Waals surface area contributed by atoms with Gasteiger partial charge in [0.25, 0.3) is 0 Å². The number of hydroxylamine groups is 1. The highest BCUT2D eigenvalue weighted by Gasteiger charge is 2.12. The summed E-state index contributed by atoms with van der Waals surface area (Å²) < 4.78 is 0. The van der Waals surface area contributed by atoms with Crippen molar-refractivity contribution in [3.63, 3.8) is 0 Å². The van der Waals surface area contributed by atoms with E-state index in [0.29, 0.717) is 36.9 Å². The van der Waals surface area contributed by atoms with Gasteiger partial charge in [0.2, 0.25) is 0 Å². The van der Waals surface area contributed by atoms with Gasteiger partial charge in [0, 0.05) is 48.9 Å². The van der Waals surface area contributed by atoms with Gasteiger partial charge in [-0.05, 0) is 99.4 Å². The van der Waals surface area contributed by atoms with Crippen molar-refractivity contribution in [2.24, 2.45) is 0 Å². The molecule has 0 atom stereocenters. The van der Waals surface area contributed by atoms with Crippen LogP contribution in [-0.4, -0.2) is 56.8 Å². The molecule has 0 aromatic heterocycles. The third-order valence-electron chi connectivity index (χ3n) is 6.86. The Hall–Kier alpha value is -4.21. The van der Waals surface area contributed by atoms with E-state index in [2.05, 4.69) is 87.6 Å². The first-order chi connectivity index (χ1) is 20.5. The molecule has 0 amide bonds. The molecule has 0 bridgehead atoms. The van der Waals surface area contributed by atoms with Gasteiger partial charge in [-0.1, -0.05) is 19.2 Å². The van der Waals surface area contributed by atoms with Crippen molar-refractivity contribution in [3.05, 3.63) is 97.4 Å². The molecule has 2 aromatic rings. The van der Waals surface area contributed by atoms with Gasteiger partial charge in [-0.3, -0.25) is 10.7 Å². The standard InChI is InChI=1S/C18H25N3O2.C15H21N3O/c1-3-22-23-15(2)6-7-16(19)14-20-17-8-10-18(11-9-17)21-12-4-5-13-21;1-2-5-14(17-19)12-16-13-6-8-15(9-7-13)18-10-3-4-11-18/h6-11,19-20H,2-5,12-14H2,1H3;2,5-9,16-17,19H,1,3-4,10-12H2/b7-6-,19-16?;14-5-. The summed E-state index contributed by atoms with van der Waals surface area (Å²) in [4.78, 5) is 14.4. The summed E-state index contributed by atoms with van der Waals surface area (Å²) in [6, 6.07) is 16.8. The van der Waals surface area contributed by atoms with Crippen LogP contribution >= 0.6 is 0 Å². The van der Waals surface area contributed by atoms with E-state index in [1.54, 1.807) is 24.3 Å². The third kappa shape index (κ3) is 11.3. The molecule has 226 valence electrons. The second kappa shape index (κ2) is 18.3. The van der Waals surface area contributed by atoms with Crippen LogP contribution in [-0.2, 0) is 9.78 Å². The lowest BCUT2D eigenvalue weighted by atomic mass is 10.2. The lowest BCUT2D eigenvalue weighted by Gasteiger charge is -2.18. The van der Waals surface area contributed by atoms with E-state index >= 15 is 0 Å². The molecule has 0 unspecified atom stereocenters. The molecule has 2 saturated heterocycles. The van der Waals surface area contributed by atoms with Gasteiger partial charge in [-0.2, -0.15) is 4.89 Å². The number of anilines is 4. The average Bonchev–Trinajstić information content (AvgIpc) is 3.76. The van der Waals surface area contributed by atoms with Gasteiger partial charge in [-0.15, -0.1) is 0 Å². The number of hydrogen-bond acceptors (Lipinski definition) is 9. The number of hydrogen-bond donors (Lipinski definition) is 5. The molecule has 0 aliphatic carbocycles. The van der Waals surface area contributed by atoms with Crippen LogP contribution in [0.25, 0.3) is 0 Å². The molecule has 9 nitrogen and oxygen atoms in total. The highest BCUT2D eigenvalue weighted by Crippen LogP contribution is 2.23. The molecule has 2 aliphatic heterocycles. The highest BCUT2D eigenvalue weighted by atomic mass is 17.2. The first-order valence-corrected chi connectivity index (χ1v) is 14.7. The zero-order valence-electron chi connectivity index (χ0n) is 24.8. The predicted molar refractivity (Wildman–Crippen MR) is 175 cm³/mol. The van der Waals surface area contributed by atoms with Gasteiger partial charge in [0.05, 0.1) is 31.1 Å². The zero-order valence-corrected chi connectivity index (χ0v) is 24.8. The fraction of sp³-hybridized carbons (Fsp3) is 0.364. The molecule has 2 aliphatic rings. The van der Waals surface area contributed by atoms with Crippen LogP contribution in [0.15, 0.2) is 97.4 Å². The minimum atomic E-state index is 0.381.